The summed E-state index contributed by atoms with van der Waals surface area (Å²) >= 11 is 1.79. The van der Waals surface area contributed by atoms with Crippen molar-refractivity contribution < 1.29 is 9.53 Å². The smallest absolute Gasteiger partial charge is 0.323 e. The minimum atomic E-state index is -0.310. The maximum Gasteiger partial charge on any atom is 0.323 e. The third-order valence-electron chi connectivity index (χ3n) is 8.21. The van der Waals surface area contributed by atoms with Crippen LogP contribution in [0.15, 0.2) is 103 Å². The van der Waals surface area contributed by atoms with Crippen molar-refractivity contribution in [2.24, 2.45) is 0 Å². The summed E-state index contributed by atoms with van der Waals surface area (Å²) in [6.07, 6.45) is 0.864. The molecule has 0 radical (unpaired) electrons. The molecule has 4 aromatic rings. The molecule has 1 aliphatic carbocycles. The molecule has 2 aliphatic rings. The standard InChI is InChI=1S/C38H40N6O2S/c1-42(2)30-16-18-33-36(25-30)47-37-26-31(17-19-34(37)40-33)44(4)22-21-43(3)20-9-23-46-35-13-8-7-12-32(35)41-38(45)39-29-15-14-27-10-5-6-11-28(27)24-29/h5-8,10-19,24-26H,9,20-23H2,1-4H3,(H-,39,41,45)/p+1. The first-order valence-corrected chi connectivity index (χ1v) is 16.7. The topological polar surface area (TPSA) is 72.7 Å². The number of carbonyl (C=O) groups is 1. The van der Waals surface area contributed by atoms with Crippen molar-refractivity contribution in [1.82, 2.24) is 14.5 Å². The molecule has 0 saturated carbocycles. The molecule has 240 valence electrons. The minimum absolute atomic E-state index is 0.310. The van der Waals surface area contributed by atoms with E-state index in [1.165, 1.54) is 20.6 Å². The average Bonchev–Trinajstić information content (AvgIpc) is 3.08. The molecule has 0 unspecified atom stereocenters. The highest BCUT2D eigenvalue weighted by molar-refractivity contribution is 7.21. The number of fused-ring (bicyclic) bond motifs is 3. The Kier molecular flexibility index (Phi) is 9.94. The molecular formula is C38H41N6O2S+. The Hall–Kier alpha value is -4.99. The second-order valence-electron chi connectivity index (χ2n) is 12.0. The van der Waals surface area contributed by atoms with Crippen molar-refractivity contribution in [3.63, 3.8) is 0 Å². The molecule has 0 atom stereocenters. The van der Waals surface area contributed by atoms with Crippen LogP contribution in [-0.4, -0.2) is 70.3 Å². The number of hydrogen-bond acceptors (Lipinski definition) is 6. The van der Waals surface area contributed by atoms with Gasteiger partial charge in [0.05, 0.1) is 33.1 Å². The minimum Gasteiger partial charge on any atom is -0.491 e. The zero-order valence-corrected chi connectivity index (χ0v) is 28.2. The van der Waals surface area contributed by atoms with E-state index < -0.39 is 0 Å². The van der Waals surface area contributed by atoms with Gasteiger partial charge in [-0.3, -0.25) is 0 Å². The van der Waals surface area contributed by atoms with Crippen molar-refractivity contribution in [3.8, 4) is 16.3 Å². The van der Waals surface area contributed by atoms with E-state index in [-0.39, 0.29) is 6.03 Å². The van der Waals surface area contributed by atoms with Gasteiger partial charge < -0.3 is 25.2 Å². The summed E-state index contributed by atoms with van der Waals surface area (Å²) in [6.45, 7) is 3.27. The molecule has 4 aromatic carbocycles. The molecular weight excluding hydrogens is 605 g/mol. The number of hydrogen-bond donors (Lipinski definition) is 2. The lowest BCUT2D eigenvalue weighted by molar-refractivity contribution is 0.260. The number of amides is 2. The van der Waals surface area contributed by atoms with Crippen LogP contribution in [0.25, 0.3) is 31.6 Å². The summed E-state index contributed by atoms with van der Waals surface area (Å²) in [5.41, 5.74) is 4.61. The molecule has 2 N–H and O–H groups in total. The van der Waals surface area contributed by atoms with Crippen molar-refractivity contribution in [1.29, 1.82) is 0 Å². The predicted octanol–water partition coefficient (Wildman–Crippen LogP) is 7.07. The fourth-order valence-electron chi connectivity index (χ4n) is 5.44. The van der Waals surface area contributed by atoms with Gasteiger partial charge in [-0.15, -0.1) is 11.3 Å². The first-order valence-electron chi connectivity index (χ1n) is 15.9. The van der Waals surface area contributed by atoms with E-state index in [2.05, 4.69) is 95.7 Å². The summed E-state index contributed by atoms with van der Waals surface area (Å²) in [5, 5.41) is 9.25. The summed E-state index contributed by atoms with van der Waals surface area (Å²) in [4.78, 5) is 23.5. The average molecular weight is 646 g/mol. The Bertz CT molecular complexity index is 2050. The number of aromatic nitrogens is 1. The molecule has 1 aliphatic heterocycles. The van der Waals surface area contributed by atoms with Gasteiger partial charge >= 0.3 is 6.03 Å². The van der Waals surface area contributed by atoms with Crippen LogP contribution in [0.5, 0.6) is 5.75 Å². The van der Waals surface area contributed by atoms with Crippen molar-refractivity contribution in [2.75, 3.05) is 70.0 Å². The van der Waals surface area contributed by atoms with Gasteiger partial charge in [-0.1, -0.05) is 42.5 Å². The lowest BCUT2D eigenvalue weighted by Gasteiger charge is -2.24. The van der Waals surface area contributed by atoms with Crippen LogP contribution in [0.2, 0.25) is 0 Å². The number of benzene rings is 5. The quantitative estimate of drug-likeness (QED) is 0.0897. The number of ether oxygens (including phenoxy) is 1. The van der Waals surface area contributed by atoms with Gasteiger partial charge in [0.1, 0.15) is 19.8 Å². The van der Waals surface area contributed by atoms with Crippen LogP contribution in [-0.2, 0) is 0 Å². The number of likely N-dealkylation sites (N-methyl/N-ethyl adjacent to an activating group) is 2. The van der Waals surface area contributed by atoms with Gasteiger partial charge in [-0.05, 0) is 72.8 Å². The van der Waals surface area contributed by atoms with E-state index in [9.17, 15) is 4.79 Å². The number of anilines is 3. The monoisotopic (exact) mass is 645 g/mol. The molecule has 0 bridgehead atoms. The highest BCUT2D eigenvalue weighted by Crippen LogP contribution is 2.32. The van der Waals surface area contributed by atoms with E-state index in [0.29, 0.717) is 18.0 Å². The van der Waals surface area contributed by atoms with E-state index in [0.717, 1.165) is 53.7 Å². The molecule has 9 heteroatoms. The zero-order valence-electron chi connectivity index (χ0n) is 27.4. The van der Waals surface area contributed by atoms with Crippen LogP contribution < -0.4 is 30.2 Å². The van der Waals surface area contributed by atoms with E-state index in [1.54, 1.807) is 11.3 Å². The van der Waals surface area contributed by atoms with Gasteiger partial charge in [0, 0.05) is 50.2 Å². The van der Waals surface area contributed by atoms with Crippen molar-refractivity contribution in [3.05, 3.63) is 108 Å². The molecule has 0 spiro atoms. The summed E-state index contributed by atoms with van der Waals surface area (Å²) < 4.78 is 9.40. The van der Waals surface area contributed by atoms with Gasteiger partial charge in [-0.2, -0.15) is 0 Å². The largest absolute Gasteiger partial charge is 0.491 e. The van der Waals surface area contributed by atoms with E-state index in [1.807, 2.05) is 60.7 Å². The molecule has 47 heavy (non-hydrogen) atoms. The maximum atomic E-state index is 12.8. The number of nitrogens with one attached hydrogen (secondary N) is 2. The number of nitrogens with zero attached hydrogens (tertiary/aromatic N) is 4. The second kappa shape index (κ2) is 14.6. The lowest BCUT2D eigenvalue weighted by atomic mass is 10.1. The van der Waals surface area contributed by atoms with Crippen LogP contribution in [0.3, 0.4) is 0 Å². The fraction of sp³-hybridized carbons (Fsp3) is 0.237. The predicted molar refractivity (Wildman–Crippen MR) is 197 cm³/mol. The van der Waals surface area contributed by atoms with Gasteiger partial charge in [0.15, 0.2) is 0 Å². The Morgan fingerprint density at radius 2 is 1.64 bits per heavy atom. The van der Waals surface area contributed by atoms with Crippen LogP contribution in [0.4, 0.5) is 21.9 Å². The van der Waals surface area contributed by atoms with Crippen LogP contribution in [0.1, 0.15) is 6.42 Å². The number of urea groups is 1. The van der Waals surface area contributed by atoms with E-state index in [4.69, 9.17) is 9.72 Å². The molecule has 6 rings (SSSR count). The Labute approximate surface area is 279 Å². The van der Waals surface area contributed by atoms with Gasteiger partial charge in [0.25, 0.3) is 0 Å². The van der Waals surface area contributed by atoms with Crippen LogP contribution >= 0.6 is 11.3 Å². The summed E-state index contributed by atoms with van der Waals surface area (Å²) in [6, 6.07) is 34.1. The first kappa shape index (κ1) is 32.0. The fourth-order valence-corrected chi connectivity index (χ4v) is 6.48. The number of para-hydroxylation sites is 2. The molecule has 2 amide bonds. The van der Waals surface area contributed by atoms with Crippen molar-refractivity contribution in [2.45, 2.75) is 6.42 Å². The maximum absolute atomic E-state index is 12.8. The Morgan fingerprint density at radius 3 is 2.49 bits per heavy atom. The highest BCUT2D eigenvalue weighted by atomic mass is 32.1. The third kappa shape index (κ3) is 8.06. The third-order valence-corrected chi connectivity index (χ3v) is 9.30. The van der Waals surface area contributed by atoms with Crippen molar-refractivity contribution >= 4 is 55.4 Å². The SMILES string of the molecule is CN(CCCOc1ccccc1NC(=O)Nc1ccc2ccccc2c1)CCN(C)c1ccc2nc3ccc(=[N+](C)C)cc-3sc2c1. The Morgan fingerprint density at radius 1 is 0.830 bits per heavy atom. The van der Waals surface area contributed by atoms with E-state index >= 15 is 0 Å². The summed E-state index contributed by atoms with van der Waals surface area (Å²) in [5.74, 6) is 0.654. The normalized spacial score (nSPS) is 11.3. The van der Waals surface area contributed by atoms with Gasteiger partial charge in [-0.25, -0.2) is 14.4 Å². The molecule has 0 aromatic heterocycles. The van der Waals surface area contributed by atoms with Gasteiger partial charge in [0.2, 0.25) is 5.36 Å². The highest BCUT2D eigenvalue weighted by Gasteiger charge is 2.12. The molecule has 1 heterocycles. The molecule has 0 saturated heterocycles. The zero-order chi connectivity index (χ0) is 32.8. The number of carbonyl (C=O) groups excluding carboxylic acids is 1. The second-order valence-corrected chi connectivity index (χ2v) is 13.1. The lowest BCUT2D eigenvalue weighted by Crippen LogP contribution is -2.31. The first-order chi connectivity index (χ1) is 22.8. The number of rotatable bonds is 11. The van der Waals surface area contributed by atoms with Crippen LogP contribution in [0, 0.1) is 0 Å². The summed E-state index contributed by atoms with van der Waals surface area (Å²) in [7, 11) is 8.40. The molecule has 8 nitrogen and oxygen atoms in total. The molecule has 0 fully saturated rings. The Balaban J connectivity index is 0.971.